The van der Waals surface area contributed by atoms with Gasteiger partial charge in [-0.1, -0.05) is 12.1 Å². The molecular formula is C16H18FNS. The second kappa shape index (κ2) is 5.06. The summed E-state index contributed by atoms with van der Waals surface area (Å²) >= 11 is 1.85. The Morgan fingerprint density at radius 3 is 2.95 bits per heavy atom. The maximum Gasteiger partial charge on any atom is 0.126 e. The van der Waals surface area contributed by atoms with Crippen LogP contribution in [-0.4, -0.2) is 0 Å². The maximum absolute atomic E-state index is 13.7. The predicted molar refractivity (Wildman–Crippen MR) is 78.1 cm³/mol. The zero-order valence-corrected chi connectivity index (χ0v) is 12.1. The highest BCUT2D eigenvalue weighted by Gasteiger charge is 2.24. The number of nitrogens with one attached hydrogen (secondary N) is 1. The number of aryl methyl sites for hydroxylation is 2. The normalized spacial score (nSPS) is 17.7. The molecule has 3 heteroatoms. The van der Waals surface area contributed by atoms with E-state index in [0.717, 1.165) is 30.5 Å². The Kier molecular flexibility index (Phi) is 3.42. The van der Waals surface area contributed by atoms with Gasteiger partial charge in [0.1, 0.15) is 5.82 Å². The third kappa shape index (κ3) is 2.45. The van der Waals surface area contributed by atoms with Gasteiger partial charge in [-0.2, -0.15) is 0 Å². The van der Waals surface area contributed by atoms with Gasteiger partial charge in [0.05, 0.1) is 0 Å². The monoisotopic (exact) mass is 275 g/mol. The molecule has 1 heterocycles. The number of hydrogen-bond donors (Lipinski definition) is 1. The predicted octanol–water partition coefficient (Wildman–Crippen LogP) is 4.28. The Balaban J connectivity index is 1.71. The first-order chi connectivity index (χ1) is 9.15. The minimum atomic E-state index is -0.0513. The van der Waals surface area contributed by atoms with Crippen LogP contribution in [0.1, 0.15) is 38.9 Å². The van der Waals surface area contributed by atoms with Gasteiger partial charge >= 0.3 is 0 Å². The number of hydrogen-bond acceptors (Lipinski definition) is 2. The van der Waals surface area contributed by atoms with Crippen LogP contribution in [0.5, 0.6) is 0 Å². The topological polar surface area (TPSA) is 12.0 Å². The molecule has 1 aromatic heterocycles. The summed E-state index contributed by atoms with van der Waals surface area (Å²) in [4.78, 5) is 2.74. The van der Waals surface area contributed by atoms with Crippen LogP contribution in [-0.2, 0) is 13.0 Å². The molecule has 0 bridgehead atoms. The summed E-state index contributed by atoms with van der Waals surface area (Å²) in [6.45, 7) is 5.18. The van der Waals surface area contributed by atoms with E-state index in [1.54, 1.807) is 6.07 Å². The third-order valence-electron chi connectivity index (χ3n) is 3.95. The van der Waals surface area contributed by atoms with E-state index < -0.39 is 0 Å². The molecule has 1 aliphatic rings. The van der Waals surface area contributed by atoms with Crippen LogP contribution in [0.3, 0.4) is 0 Å². The van der Waals surface area contributed by atoms with E-state index in [1.165, 1.54) is 15.3 Å². The van der Waals surface area contributed by atoms with E-state index in [-0.39, 0.29) is 5.82 Å². The van der Waals surface area contributed by atoms with E-state index in [1.807, 2.05) is 23.5 Å². The van der Waals surface area contributed by atoms with Crippen LogP contribution in [0.4, 0.5) is 4.39 Å². The standard InChI is InChI=1S/C16H18FNS/c1-10-8-12(19-11(10)2)9-18-16-7-6-13-14(16)4-3-5-15(13)17/h3-5,8,16,18H,6-7,9H2,1-2H3. The molecule has 0 fully saturated rings. The molecule has 0 spiro atoms. The van der Waals surface area contributed by atoms with Crippen molar-refractivity contribution in [1.29, 1.82) is 0 Å². The van der Waals surface area contributed by atoms with E-state index in [0.29, 0.717) is 6.04 Å². The van der Waals surface area contributed by atoms with Gasteiger partial charge in [0.2, 0.25) is 0 Å². The maximum atomic E-state index is 13.7. The van der Waals surface area contributed by atoms with Crippen molar-refractivity contribution in [2.24, 2.45) is 0 Å². The highest BCUT2D eigenvalue weighted by Crippen LogP contribution is 2.33. The van der Waals surface area contributed by atoms with Crippen molar-refractivity contribution in [2.45, 2.75) is 39.3 Å². The van der Waals surface area contributed by atoms with Crippen LogP contribution < -0.4 is 5.32 Å². The van der Waals surface area contributed by atoms with Crippen LogP contribution in [0.15, 0.2) is 24.3 Å². The molecule has 1 N–H and O–H groups in total. The Morgan fingerprint density at radius 1 is 1.37 bits per heavy atom. The second-order valence-corrected chi connectivity index (χ2v) is 6.57. The van der Waals surface area contributed by atoms with Gasteiger partial charge in [-0.3, -0.25) is 0 Å². The van der Waals surface area contributed by atoms with Gasteiger partial charge in [0, 0.05) is 22.3 Å². The first-order valence-corrected chi connectivity index (χ1v) is 7.53. The fourth-order valence-electron chi connectivity index (χ4n) is 2.78. The molecule has 1 atom stereocenters. The molecule has 1 aliphatic carbocycles. The SMILES string of the molecule is Cc1cc(CNC2CCc3c(F)cccc32)sc1C. The molecule has 2 aromatic rings. The van der Waals surface area contributed by atoms with Gasteiger partial charge in [-0.05, 0) is 55.5 Å². The molecule has 0 aliphatic heterocycles. The van der Waals surface area contributed by atoms with Crippen LogP contribution >= 0.6 is 11.3 Å². The zero-order chi connectivity index (χ0) is 13.4. The molecule has 1 nitrogen and oxygen atoms in total. The fourth-order valence-corrected chi connectivity index (χ4v) is 3.79. The number of benzene rings is 1. The van der Waals surface area contributed by atoms with Crippen molar-refractivity contribution in [1.82, 2.24) is 5.32 Å². The fraction of sp³-hybridized carbons (Fsp3) is 0.375. The summed E-state index contributed by atoms with van der Waals surface area (Å²) in [5.74, 6) is -0.0513. The Labute approximate surface area is 117 Å². The van der Waals surface area contributed by atoms with Crippen LogP contribution in [0.25, 0.3) is 0 Å². The van der Waals surface area contributed by atoms with E-state index in [4.69, 9.17) is 0 Å². The lowest BCUT2D eigenvalue weighted by molar-refractivity contribution is 0.533. The lowest BCUT2D eigenvalue weighted by Gasteiger charge is -2.13. The molecule has 1 unspecified atom stereocenters. The highest BCUT2D eigenvalue weighted by atomic mass is 32.1. The first-order valence-electron chi connectivity index (χ1n) is 6.71. The van der Waals surface area contributed by atoms with Gasteiger partial charge in [0.15, 0.2) is 0 Å². The van der Waals surface area contributed by atoms with Crippen molar-refractivity contribution in [3.8, 4) is 0 Å². The quantitative estimate of drug-likeness (QED) is 0.881. The zero-order valence-electron chi connectivity index (χ0n) is 11.3. The smallest absolute Gasteiger partial charge is 0.126 e. The average Bonchev–Trinajstić information content (AvgIpc) is 2.93. The highest BCUT2D eigenvalue weighted by molar-refractivity contribution is 7.12. The van der Waals surface area contributed by atoms with Crippen molar-refractivity contribution < 1.29 is 4.39 Å². The number of rotatable bonds is 3. The van der Waals surface area contributed by atoms with Crippen molar-refractivity contribution in [3.63, 3.8) is 0 Å². The largest absolute Gasteiger partial charge is 0.305 e. The van der Waals surface area contributed by atoms with Crippen LogP contribution in [0, 0.1) is 19.7 Å². The Morgan fingerprint density at radius 2 is 2.21 bits per heavy atom. The number of halogens is 1. The lowest BCUT2D eigenvalue weighted by atomic mass is 10.1. The minimum Gasteiger partial charge on any atom is -0.305 e. The summed E-state index contributed by atoms with van der Waals surface area (Å²) in [6, 6.07) is 7.97. The summed E-state index contributed by atoms with van der Waals surface area (Å²) in [5.41, 5.74) is 3.41. The molecule has 19 heavy (non-hydrogen) atoms. The molecule has 1 aromatic carbocycles. The van der Waals surface area contributed by atoms with Crippen molar-refractivity contribution in [3.05, 3.63) is 56.5 Å². The van der Waals surface area contributed by atoms with Gasteiger partial charge in [-0.15, -0.1) is 11.3 Å². The average molecular weight is 275 g/mol. The number of thiophene rings is 1. The van der Waals surface area contributed by atoms with Gasteiger partial charge in [-0.25, -0.2) is 4.39 Å². The van der Waals surface area contributed by atoms with Crippen LogP contribution in [0.2, 0.25) is 0 Å². The molecule has 0 radical (unpaired) electrons. The lowest BCUT2D eigenvalue weighted by Crippen LogP contribution is -2.18. The van der Waals surface area contributed by atoms with E-state index in [2.05, 4.69) is 25.2 Å². The molecule has 3 rings (SSSR count). The third-order valence-corrected chi connectivity index (χ3v) is 5.11. The summed E-state index contributed by atoms with van der Waals surface area (Å²) in [5, 5.41) is 3.57. The van der Waals surface area contributed by atoms with Crippen molar-refractivity contribution >= 4 is 11.3 Å². The second-order valence-electron chi connectivity index (χ2n) is 5.23. The molecule has 0 saturated heterocycles. The minimum absolute atomic E-state index is 0.0513. The van der Waals surface area contributed by atoms with Gasteiger partial charge < -0.3 is 5.32 Å². The van der Waals surface area contributed by atoms with E-state index in [9.17, 15) is 4.39 Å². The first kappa shape index (κ1) is 12.8. The van der Waals surface area contributed by atoms with E-state index >= 15 is 0 Å². The molecule has 100 valence electrons. The van der Waals surface area contributed by atoms with Crippen molar-refractivity contribution in [2.75, 3.05) is 0 Å². The Hall–Kier alpha value is -1.19. The summed E-state index contributed by atoms with van der Waals surface area (Å²) in [7, 11) is 0. The van der Waals surface area contributed by atoms with Gasteiger partial charge in [0.25, 0.3) is 0 Å². The summed E-state index contributed by atoms with van der Waals surface area (Å²) in [6.07, 6.45) is 1.85. The molecule has 0 amide bonds. The Bertz CT molecular complexity index is 583. The number of fused-ring (bicyclic) bond motifs is 1. The summed E-state index contributed by atoms with van der Waals surface area (Å²) < 4.78 is 13.7. The molecular weight excluding hydrogens is 257 g/mol. The molecule has 0 saturated carbocycles.